The SMILES string of the molecule is CNC(Cc1c(Br)c(C)nn1C)c1cnn(C)c1. The molecule has 1 unspecified atom stereocenters. The highest BCUT2D eigenvalue weighted by atomic mass is 79.9. The van der Waals surface area contributed by atoms with Crippen LogP contribution in [-0.4, -0.2) is 26.6 Å². The van der Waals surface area contributed by atoms with Crippen molar-refractivity contribution in [3.05, 3.63) is 33.8 Å². The zero-order chi connectivity index (χ0) is 13.3. The van der Waals surface area contributed by atoms with Crippen LogP contribution in [0.5, 0.6) is 0 Å². The largest absolute Gasteiger partial charge is 0.313 e. The molecule has 18 heavy (non-hydrogen) atoms. The number of likely N-dealkylation sites (N-methyl/N-ethyl adjacent to an activating group) is 1. The van der Waals surface area contributed by atoms with Crippen molar-refractivity contribution in [2.45, 2.75) is 19.4 Å². The molecule has 0 aliphatic rings. The van der Waals surface area contributed by atoms with Crippen LogP contribution in [-0.2, 0) is 20.5 Å². The van der Waals surface area contributed by atoms with Crippen molar-refractivity contribution in [3.63, 3.8) is 0 Å². The number of aromatic nitrogens is 4. The Morgan fingerprint density at radius 1 is 1.44 bits per heavy atom. The molecule has 6 heteroatoms. The first-order valence-electron chi connectivity index (χ1n) is 5.86. The maximum Gasteiger partial charge on any atom is 0.0738 e. The van der Waals surface area contributed by atoms with E-state index >= 15 is 0 Å². The standard InChI is InChI=1S/C12H18BrN5/c1-8-12(13)11(18(4)16-8)5-10(14-2)9-6-15-17(3)7-9/h6-7,10,14H,5H2,1-4H3. The van der Waals surface area contributed by atoms with Crippen LogP contribution in [0.2, 0.25) is 0 Å². The molecule has 2 aromatic heterocycles. The Balaban J connectivity index is 2.25. The second-order valence-electron chi connectivity index (χ2n) is 4.46. The molecule has 1 atom stereocenters. The summed E-state index contributed by atoms with van der Waals surface area (Å²) >= 11 is 3.60. The number of aryl methyl sites for hydroxylation is 3. The first kappa shape index (κ1) is 13.3. The molecule has 2 rings (SSSR count). The predicted octanol–water partition coefficient (Wildman–Crippen LogP) is 1.73. The summed E-state index contributed by atoms with van der Waals surface area (Å²) in [7, 11) is 5.87. The molecule has 0 bridgehead atoms. The average molecular weight is 312 g/mol. The van der Waals surface area contributed by atoms with E-state index in [1.165, 1.54) is 11.3 Å². The quantitative estimate of drug-likeness (QED) is 0.935. The zero-order valence-electron chi connectivity index (χ0n) is 11.1. The van der Waals surface area contributed by atoms with E-state index in [4.69, 9.17) is 0 Å². The lowest BCUT2D eigenvalue weighted by molar-refractivity contribution is 0.559. The summed E-state index contributed by atoms with van der Waals surface area (Å²) in [6.45, 7) is 2.01. The second-order valence-corrected chi connectivity index (χ2v) is 5.26. The third-order valence-corrected chi connectivity index (χ3v) is 4.17. The van der Waals surface area contributed by atoms with Gasteiger partial charge < -0.3 is 5.32 Å². The molecule has 1 N–H and O–H groups in total. The van der Waals surface area contributed by atoms with Crippen molar-refractivity contribution in [2.75, 3.05) is 7.05 Å². The molecular weight excluding hydrogens is 294 g/mol. The normalized spacial score (nSPS) is 12.9. The van der Waals surface area contributed by atoms with Gasteiger partial charge in [-0.05, 0) is 29.9 Å². The lowest BCUT2D eigenvalue weighted by Crippen LogP contribution is -2.20. The monoisotopic (exact) mass is 311 g/mol. The van der Waals surface area contributed by atoms with Crippen molar-refractivity contribution in [3.8, 4) is 0 Å². The molecule has 0 aliphatic heterocycles. The lowest BCUT2D eigenvalue weighted by Gasteiger charge is -2.14. The van der Waals surface area contributed by atoms with Crippen LogP contribution in [0.1, 0.15) is 23.0 Å². The van der Waals surface area contributed by atoms with Crippen LogP contribution in [0.3, 0.4) is 0 Å². The average Bonchev–Trinajstić information content (AvgIpc) is 2.84. The molecule has 2 heterocycles. The van der Waals surface area contributed by atoms with E-state index in [2.05, 4.69) is 31.4 Å². The number of rotatable bonds is 4. The molecule has 0 radical (unpaired) electrons. The first-order valence-corrected chi connectivity index (χ1v) is 6.66. The van der Waals surface area contributed by atoms with Gasteiger partial charge in [0.05, 0.1) is 22.1 Å². The number of nitrogens with one attached hydrogen (secondary N) is 1. The van der Waals surface area contributed by atoms with Gasteiger partial charge >= 0.3 is 0 Å². The van der Waals surface area contributed by atoms with Crippen LogP contribution >= 0.6 is 15.9 Å². The van der Waals surface area contributed by atoms with E-state index in [9.17, 15) is 0 Å². The van der Waals surface area contributed by atoms with Crippen LogP contribution < -0.4 is 5.32 Å². The molecule has 0 saturated carbocycles. The Bertz CT molecular complexity index is 543. The highest BCUT2D eigenvalue weighted by Crippen LogP contribution is 2.25. The summed E-state index contributed by atoms with van der Waals surface area (Å²) in [6.07, 6.45) is 4.82. The molecule has 0 fully saturated rings. The van der Waals surface area contributed by atoms with Crippen molar-refractivity contribution in [1.29, 1.82) is 0 Å². The fourth-order valence-electron chi connectivity index (χ4n) is 2.10. The van der Waals surface area contributed by atoms with E-state index in [0.29, 0.717) is 0 Å². The predicted molar refractivity (Wildman–Crippen MR) is 74.4 cm³/mol. The second kappa shape index (κ2) is 5.24. The van der Waals surface area contributed by atoms with Crippen molar-refractivity contribution in [2.24, 2.45) is 14.1 Å². The molecule has 5 nitrogen and oxygen atoms in total. The third-order valence-electron chi connectivity index (χ3n) is 3.13. The van der Waals surface area contributed by atoms with Gasteiger partial charge in [0.1, 0.15) is 0 Å². The van der Waals surface area contributed by atoms with Gasteiger partial charge in [-0.25, -0.2) is 0 Å². The molecule has 2 aromatic rings. The zero-order valence-corrected chi connectivity index (χ0v) is 12.7. The van der Waals surface area contributed by atoms with Gasteiger partial charge in [0.2, 0.25) is 0 Å². The van der Waals surface area contributed by atoms with E-state index in [1.54, 1.807) is 0 Å². The van der Waals surface area contributed by atoms with Gasteiger partial charge in [0, 0.05) is 38.3 Å². The van der Waals surface area contributed by atoms with Gasteiger partial charge in [-0.15, -0.1) is 0 Å². The summed E-state index contributed by atoms with van der Waals surface area (Å²) in [5.41, 5.74) is 3.40. The minimum Gasteiger partial charge on any atom is -0.313 e. The molecule has 98 valence electrons. The number of halogens is 1. The van der Waals surface area contributed by atoms with E-state index < -0.39 is 0 Å². The van der Waals surface area contributed by atoms with Gasteiger partial charge in [-0.1, -0.05) is 0 Å². The highest BCUT2D eigenvalue weighted by Gasteiger charge is 2.18. The maximum atomic E-state index is 4.42. The van der Waals surface area contributed by atoms with Crippen LogP contribution in [0.25, 0.3) is 0 Å². The van der Waals surface area contributed by atoms with E-state index in [-0.39, 0.29) is 6.04 Å². The topological polar surface area (TPSA) is 47.7 Å². The van der Waals surface area contributed by atoms with Gasteiger partial charge in [0.15, 0.2) is 0 Å². The van der Waals surface area contributed by atoms with Gasteiger partial charge in [0.25, 0.3) is 0 Å². The third kappa shape index (κ3) is 2.49. The minimum absolute atomic E-state index is 0.241. The molecule has 0 aromatic carbocycles. The first-order chi connectivity index (χ1) is 8.52. The molecular formula is C12H18BrN5. The Kier molecular flexibility index (Phi) is 3.87. The maximum absolute atomic E-state index is 4.42. The van der Waals surface area contributed by atoms with Crippen LogP contribution in [0.15, 0.2) is 16.9 Å². The highest BCUT2D eigenvalue weighted by molar-refractivity contribution is 9.10. The fraction of sp³-hybridized carbons (Fsp3) is 0.500. The van der Waals surface area contributed by atoms with Gasteiger partial charge in [-0.3, -0.25) is 9.36 Å². The Morgan fingerprint density at radius 2 is 2.17 bits per heavy atom. The Hall–Kier alpha value is -1.14. The van der Waals surface area contributed by atoms with Crippen molar-refractivity contribution < 1.29 is 0 Å². The van der Waals surface area contributed by atoms with E-state index in [1.807, 2.05) is 49.8 Å². The fourth-order valence-corrected chi connectivity index (χ4v) is 2.60. The van der Waals surface area contributed by atoms with E-state index in [0.717, 1.165) is 16.6 Å². The van der Waals surface area contributed by atoms with Crippen LogP contribution in [0.4, 0.5) is 0 Å². The summed E-state index contributed by atoms with van der Waals surface area (Å²) < 4.78 is 4.85. The number of hydrogen-bond acceptors (Lipinski definition) is 3. The van der Waals surface area contributed by atoms with Gasteiger partial charge in [-0.2, -0.15) is 10.2 Å². The lowest BCUT2D eigenvalue weighted by atomic mass is 10.1. The van der Waals surface area contributed by atoms with Crippen molar-refractivity contribution >= 4 is 15.9 Å². The minimum atomic E-state index is 0.241. The number of nitrogens with zero attached hydrogens (tertiary/aromatic N) is 4. The molecule has 0 aliphatic carbocycles. The Morgan fingerprint density at radius 3 is 2.61 bits per heavy atom. The smallest absolute Gasteiger partial charge is 0.0738 e. The number of hydrogen-bond donors (Lipinski definition) is 1. The summed E-state index contributed by atoms with van der Waals surface area (Å²) in [4.78, 5) is 0. The Labute approximate surface area is 115 Å². The molecule has 0 amide bonds. The molecule has 0 saturated heterocycles. The molecule has 0 spiro atoms. The summed E-state index contributed by atoms with van der Waals surface area (Å²) in [6, 6.07) is 0.241. The van der Waals surface area contributed by atoms with Crippen LogP contribution in [0, 0.1) is 6.92 Å². The summed E-state index contributed by atoms with van der Waals surface area (Å²) in [5, 5.41) is 12.0. The summed E-state index contributed by atoms with van der Waals surface area (Å²) in [5.74, 6) is 0. The van der Waals surface area contributed by atoms with Crippen molar-refractivity contribution in [1.82, 2.24) is 24.9 Å².